The molecule has 3 rings (SSSR count). The van der Waals surface area contributed by atoms with Gasteiger partial charge in [0, 0.05) is 20.0 Å². The van der Waals surface area contributed by atoms with Crippen molar-refractivity contribution in [2.24, 2.45) is 21.5 Å². The Balaban J connectivity index is 1.95. The topological polar surface area (TPSA) is 171 Å². The van der Waals surface area contributed by atoms with Gasteiger partial charge < -0.3 is 42.0 Å². The molecule has 11 nitrogen and oxygen atoms in total. The standard InChI is InChI=1S/C11H19N7O4/c1-14-9(19)22-4-5-6-11(17-7(12)16-6)10(20,21)2-3-18(11)8(13)15-5/h5-6,20-21H,2-4H2,1H3,(H2,13,15)(H,14,19)(H3,12,16,17). The number of ether oxygens (including phenoxy) is 1. The van der Waals surface area contributed by atoms with Crippen LogP contribution in [0.2, 0.25) is 0 Å². The summed E-state index contributed by atoms with van der Waals surface area (Å²) in [5.74, 6) is -1.93. The van der Waals surface area contributed by atoms with E-state index in [-0.39, 0.29) is 31.5 Å². The van der Waals surface area contributed by atoms with Gasteiger partial charge in [0.15, 0.2) is 17.6 Å². The van der Waals surface area contributed by atoms with Crippen molar-refractivity contribution in [1.82, 2.24) is 15.5 Å². The zero-order valence-corrected chi connectivity index (χ0v) is 12.0. The fourth-order valence-electron chi connectivity index (χ4n) is 3.29. The van der Waals surface area contributed by atoms with Gasteiger partial charge in [-0.05, 0) is 0 Å². The molecule has 8 N–H and O–H groups in total. The van der Waals surface area contributed by atoms with Crippen LogP contribution in [0.5, 0.6) is 0 Å². The third-order valence-corrected chi connectivity index (χ3v) is 4.27. The minimum atomic E-state index is -2.10. The summed E-state index contributed by atoms with van der Waals surface area (Å²) < 4.78 is 5.00. The van der Waals surface area contributed by atoms with E-state index in [1.54, 1.807) is 0 Å². The van der Waals surface area contributed by atoms with Crippen LogP contribution in [-0.4, -0.2) is 76.9 Å². The average molecular weight is 313 g/mol. The highest BCUT2D eigenvalue weighted by Crippen LogP contribution is 2.44. The summed E-state index contributed by atoms with van der Waals surface area (Å²) in [4.78, 5) is 21.3. The molecule has 0 aromatic heterocycles. The number of carbonyl (C=O) groups is 1. The molecule has 0 bridgehead atoms. The summed E-state index contributed by atoms with van der Waals surface area (Å²) in [6.45, 7) is 0.173. The Morgan fingerprint density at radius 2 is 2.27 bits per heavy atom. The van der Waals surface area contributed by atoms with E-state index < -0.39 is 29.6 Å². The Bertz CT molecular complexity index is 563. The van der Waals surface area contributed by atoms with Crippen molar-refractivity contribution >= 4 is 18.0 Å². The van der Waals surface area contributed by atoms with Gasteiger partial charge in [-0.3, -0.25) is 0 Å². The number of nitrogens with zero attached hydrogens (tertiary/aromatic N) is 3. The number of aliphatic imine (C=N–C) groups is 2. The molecule has 0 saturated carbocycles. The fourth-order valence-corrected chi connectivity index (χ4v) is 3.29. The maximum atomic E-state index is 11.2. The number of amides is 1. The maximum Gasteiger partial charge on any atom is 0.406 e. The van der Waals surface area contributed by atoms with Crippen molar-refractivity contribution < 1.29 is 19.7 Å². The van der Waals surface area contributed by atoms with Gasteiger partial charge in [0.25, 0.3) is 0 Å². The van der Waals surface area contributed by atoms with Crippen molar-refractivity contribution in [3.05, 3.63) is 0 Å². The molecule has 122 valence electrons. The summed E-state index contributed by atoms with van der Waals surface area (Å²) in [6.07, 6.45) is -0.572. The Hall–Kier alpha value is -2.27. The van der Waals surface area contributed by atoms with Crippen LogP contribution in [0.3, 0.4) is 0 Å². The number of hydrogen-bond donors (Lipinski definition) is 6. The number of carbonyl (C=O) groups excluding carboxylic acids is 1. The first kappa shape index (κ1) is 14.7. The number of nitrogens with one attached hydrogen (secondary N) is 2. The van der Waals surface area contributed by atoms with Crippen LogP contribution in [0.25, 0.3) is 0 Å². The van der Waals surface area contributed by atoms with Gasteiger partial charge in [-0.1, -0.05) is 0 Å². The van der Waals surface area contributed by atoms with Crippen LogP contribution >= 0.6 is 0 Å². The minimum Gasteiger partial charge on any atom is -0.447 e. The third-order valence-electron chi connectivity index (χ3n) is 4.27. The van der Waals surface area contributed by atoms with Gasteiger partial charge in [0.2, 0.25) is 5.79 Å². The molecule has 3 aliphatic heterocycles. The molecule has 3 aliphatic rings. The monoisotopic (exact) mass is 313 g/mol. The van der Waals surface area contributed by atoms with E-state index in [1.807, 2.05) is 0 Å². The van der Waals surface area contributed by atoms with Gasteiger partial charge in [0.1, 0.15) is 18.7 Å². The van der Waals surface area contributed by atoms with Crippen molar-refractivity contribution in [3.63, 3.8) is 0 Å². The first-order valence-electron chi connectivity index (χ1n) is 6.83. The van der Waals surface area contributed by atoms with Crippen LogP contribution in [0.4, 0.5) is 4.79 Å². The van der Waals surface area contributed by atoms with Crippen LogP contribution in [0.1, 0.15) is 6.42 Å². The molecule has 3 heterocycles. The predicted octanol–water partition coefficient (Wildman–Crippen LogP) is -3.59. The van der Waals surface area contributed by atoms with E-state index in [2.05, 4.69) is 20.6 Å². The summed E-state index contributed by atoms with van der Waals surface area (Å²) in [6, 6.07) is -1.43. The van der Waals surface area contributed by atoms with E-state index in [9.17, 15) is 15.0 Å². The normalized spacial score (nSPS) is 35.0. The SMILES string of the molecule is CNC(=O)OCC1N=C(N)N2CCC(O)(O)C23NC(N)=NC13. The molecule has 3 atom stereocenters. The molecule has 3 unspecified atom stereocenters. The molecular weight excluding hydrogens is 294 g/mol. The fraction of sp³-hybridized carbons (Fsp3) is 0.727. The molecule has 1 saturated heterocycles. The lowest BCUT2D eigenvalue weighted by Crippen LogP contribution is -2.76. The number of aliphatic hydroxyl groups is 2. The highest BCUT2D eigenvalue weighted by atomic mass is 16.5. The zero-order valence-electron chi connectivity index (χ0n) is 12.0. The van der Waals surface area contributed by atoms with Gasteiger partial charge in [0.05, 0.1) is 0 Å². The smallest absolute Gasteiger partial charge is 0.406 e. The van der Waals surface area contributed by atoms with Crippen molar-refractivity contribution in [2.75, 3.05) is 20.2 Å². The Labute approximate surface area is 126 Å². The maximum absolute atomic E-state index is 11.2. The highest BCUT2D eigenvalue weighted by molar-refractivity contribution is 5.87. The second kappa shape index (κ2) is 4.61. The summed E-state index contributed by atoms with van der Waals surface area (Å²) >= 11 is 0. The number of hydrogen-bond acceptors (Lipinski definition) is 10. The third kappa shape index (κ3) is 1.78. The second-order valence-electron chi connectivity index (χ2n) is 5.47. The largest absolute Gasteiger partial charge is 0.447 e. The van der Waals surface area contributed by atoms with Crippen LogP contribution in [0.15, 0.2) is 9.98 Å². The minimum absolute atomic E-state index is 0.0541. The first-order valence-corrected chi connectivity index (χ1v) is 6.83. The second-order valence-corrected chi connectivity index (χ2v) is 5.47. The average Bonchev–Trinajstić information content (AvgIpc) is 2.94. The number of guanidine groups is 2. The van der Waals surface area contributed by atoms with Gasteiger partial charge >= 0.3 is 6.09 Å². The van der Waals surface area contributed by atoms with Gasteiger partial charge in [-0.2, -0.15) is 0 Å². The number of rotatable bonds is 2. The van der Waals surface area contributed by atoms with Crippen molar-refractivity contribution in [1.29, 1.82) is 0 Å². The molecule has 1 amide bonds. The van der Waals surface area contributed by atoms with E-state index >= 15 is 0 Å². The molecular formula is C11H19N7O4. The van der Waals surface area contributed by atoms with Crippen molar-refractivity contribution in [2.45, 2.75) is 30.0 Å². The molecule has 0 aliphatic carbocycles. The number of alkyl carbamates (subject to hydrolysis) is 1. The van der Waals surface area contributed by atoms with Gasteiger partial charge in [-0.15, -0.1) is 0 Å². The predicted molar refractivity (Wildman–Crippen MR) is 75.6 cm³/mol. The van der Waals surface area contributed by atoms with E-state index in [4.69, 9.17) is 16.2 Å². The van der Waals surface area contributed by atoms with Crippen LogP contribution in [-0.2, 0) is 4.74 Å². The zero-order chi connectivity index (χ0) is 16.1. The van der Waals surface area contributed by atoms with E-state index in [0.717, 1.165) is 0 Å². The summed E-state index contributed by atoms with van der Waals surface area (Å²) in [7, 11) is 1.43. The van der Waals surface area contributed by atoms with E-state index in [1.165, 1.54) is 11.9 Å². The first-order chi connectivity index (χ1) is 10.3. The Kier molecular flexibility index (Phi) is 3.07. The molecule has 0 aromatic rings. The lowest BCUT2D eigenvalue weighted by molar-refractivity contribution is -0.221. The lowest BCUT2D eigenvalue weighted by atomic mass is 9.87. The summed E-state index contributed by atoms with van der Waals surface area (Å²) in [5.41, 5.74) is 10.3. The summed E-state index contributed by atoms with van der Waals surface area (Å²) in [5, 5.41) is 26.0. The lowest BCUT2D eigenvalue weighted by Gasteiger charge is -2.48. The molecule has 11 heteroatoms. The molecule has 0 radical (unpaired) electrons. The molecule has 22 heavy (non-hydrogen) atoms. The van der Waals surface area contributed by atoms with E-state index in [0.29, 0.717) is 0 Å². The quantitative estimate of drug-likeness (QED) is 0.284. The Morgan fingerprint density at radius 1 is 1.55 bits per heavy atom. The molecule has 0 aromatic carbocycles. The van der Waals surface area contributed by atoms with Crippen LogP contribution < -0.4 is 22.1 Å². The van der Waals surface area contributed by atoms with Gasteiger partial charge in [-0.25, -0.2) is 14.8 Å². The molecule has 1 fully saturated rings. The molecule has 1 spiro atoms. The van der Waals surface area contributed by atoms with Crippen molar-refractivity contribution in [3.8, 4) is 0 Å². The number of nitrogens with two attached hydrogens (primary N) is 2. The van der Waals surface area contributed by atoms with Crippen LogP contribution in [0, 0.1) is 0 Å². The Morgan fingerprint density at radius 3 is 2.95 bits per heavy atom. The highest BCUT2D eigenvalue weighted by Gasteiger charge is 2.69.